The molecule has 0 aliphatic rings. The first-order chi connectivity index (χ1) is 8.63. The van der Waals surface area contributed by atoms with Crippen LogP contribution in [-0.4, -0.2) is 20.0 Å². The molecular formula is C11H11Cl2IN4. The van der Waals surface area contributed by atoms with Crippen LogP contribution in [0, 0.1) is 3.70 Å². The van der Waals surface area contributed by atoms with Crippen LogP contribution in [0.15, 0.2) is 12.3 Å². The molecule has 0 amide bonds. The first-order valence-electron chi connectivity index (χ1n) is 5.55. The van der Waals surface area contributed by atoms with E-state index in [0.717, 1.165) is 28.7 Å². The zero-order chi connectivity index (χ0) is 13.1. The van der Waals surface area contributed by atoms with E-state index in [2.05, 4.69) is 44.8 Å². The van der Waals surface area contributed by atoms with Gasteiger partial charge in [0.15, 0.2) is 5.82 Å². The third kappa shape index (κ3) is 2.95. The van der Waals surface area contributed by atoms with Gasteiger partial charge >= 0.3 is 0 Å². The maximum absolute atomic E-state index is 6.14. The minimum absolute atomic E-state index is 0.474. The summed E-state index contributed by atoms with van der Waals surface area (Å²) in [5.74, 6) is 0.572. The number of nitrogens with zero attached hydrogens (tertiary/aromatic N) is 4. The lowest BCUT2D eigenvalue weighted by Gasteiger charge is -2.07. The predicted octanol–water partition coefficient (Wildman–Crippen LogP) is 3.92. The SMILES string of the molecule is CCCCc1c(I)nnn1-c1ncc(Cl)cc1Cl. The van der Waals surface area contributed by atoms with Gasteiger partial charge in [0.05, 0.1) is 15.7 Å². The van der Waals surface area contributed by atoms with Crippen molar-refractivity contribution in [3.63, 3.8) is 0 Å². The quantitative estimate of drug-likeness (QED) is 0.735. The Morgan fingerprint density at radius 1 is 1.39 bits per heavy atom. The maximum atomic E-state index is 6.14. The Bertz CT molecular complexity index is 556. The molecule has 0 spiro atoms. The summed E-state index contributed by atoms with van der Waals surface area (Å²) in [5.41, 5.74) is 1.04. The van der Waals surface area contributed by atoms with Gasteiger partial charge in [-0.15, -0.1) is 5.10 Å². The average Bonchev–Trinajstić information content (AvgIpc) is 2.68. The molecule has 2 rings (SSSR count). The third-order valence-corrected chi connectivity index (χ3v) is 3.80. The summed E-state index contributed by atoms with van der Waals surface area (Å²) in [7, 11) is 0. The maximum Gasteiger partial charge on any atom is 0.174 e. The fraction of sp³-hybridized carbons (Fsp3) is 0.364. The fourth-order valence-electron chi connectivity index (χ4n) is 1.57. The molecule has 0 bridgehead atoms. The van der Waals surface area contributed by atoms with Crippen molar-refractivity contribution in [2.24, 2.45) is 0 Å². The largest absolute Gasteiger partial charge is 0.234 e. The summed E-state index contributed by atoms with van der Waals surface area (Å²) in [6.07, 6.45) is 4.65. The Hall–Kier alpha value is -0.400. The zero-order valence-electron chi connectivity index (χ0n) is 9.70. The van der Waals surface area contributed by atoms with Gasteiger partial charge in [0, 0.05) is 6.20 Å². The van der Waals surface area contributed by atoms with Gasteiger partial charge in [0.25, 0.3) is 0 Å². The topological polar surface area (TPSA) is 43.6 Å². The molecule has 0 saturated heterocycles. The molecule has 0 aliphatic heterocycles. The molecule has 0 saturated carbocycles. The van der Waals surface area contributed by atoms with Crippen molar-refractivity contribution >= 4 is 45.8 Å². The first kappa shape index (κ1) is 14.0. The first-order valence-corrected chi connectivity index (χ1v) is 7.38. The summed E-state index contributed by atoms with van der Waals surface area (Å²) >= 11 is 14.2. The molecule has 0 aliphatic carbocycles. The monoisotopic (exact) mass is 396 g/mol. The molecule has 18 heavy (non-hydrogen) atoms. The number of aromatic nitrogens is 4. The molecule has 0 fully saturated rings. The van der Waals surface area contributed by atoms with Crippen molar-refractivity contribution < 1.29 is 0 Å². The van der Waals surface area contributed by atoms with Crippen LogP contribution in [0.1, 0.15) is 25.5 Å². The van der Waals surface area contributed by atoms with Gasteiger partial charge in [0.1, 0.15) is 3.70 Å². The van der Waals surface area contributed by atoms with Crippen LogP contribution in [0.3, 0.4) is 0 Å². The van der Waals surface area contributed by atoms with Crippen LogP contribution in [-0.2, 0) is 6.42 Å². The minimum atomic E-state index is 0.474. The second-order valence-corrected chi connectivity index (χ2v) is 5.67. The number of hydrogen-bond donors (Lipinski definition) is 0. The van der Waals surface area contributed by atoms with Crippen molar-refractivity contribution in [1.82, 2.24) is 20.0 Å². The lowest BCUT2D eigenvalue weighted by Crippen LogP contribution is -2.06. The van der Waals surface area contributed by atoms with Crippen molar-refractivity contribution in [2.45, 2.75) is 26.2 Å². The van der Waals surface area contributed by atoms with Crippen LogP contribution in [0.2, 0.25) is 10.0 Å². The molecule has 0 N–H and O–H groups in total. The van der Waals surface area contributed by atoms with Gasteiger partial charge in [-0.2, -0.15) is 4.68 Å². The number of hydrogen-bond acceptors (Lipinski definition) is 3. The van der Waals surface area contributed by atoms with E-state index in [1.54, 1.807) is 16.9 Å². The normalized spacial score (nSPS) is 10.9. The van der Waals surface area contributed by atoms with Gasteiger partial charge in [-0.05, 0) is 41.5 Å². The van der Waals surface area contributed by atoms with Crippen LogP contribution < -0.4 is 0 Å². The third-order valence-electron chi connectivity index (χ3n) is 2.47. The van der Waals surface area contributed by atoms with Gasteiger partial charge in [0.2, 0.25) is 0 Å². The Morgan fingerprint density at radius 2 is 2.17 bits per heavy atom. The molecule has 0 radical (unpaired) electrons. The molecule has 0 atom stereocenters. The molecule has 2 aromatic rings. The highest BCUT2D eigenvalue weighted by atomic mass is 127. The average molecular weight is 397 g/mol. The fourth-order valence-corrected chi connectivity index (χ4v) is 2.62. The minimum Gasteiger partial charge on any atom is -0.234 e. The molecule has 0 aromatic carbocycles. The lowest BCUT2D eigenvalue weighted by atomic mass is 10.2. The molecule has 96 valence electrons. The molecular weight excluding hydrogens is 386 g/mol. The summed E-state index contributed by atoms with van der Waals surface area (Å²) < 4.78 is 2.57. The Labute approximate surface area is 129 Å². The van der Waals surface area contributed by atoms with Crippen LogP contribution >= 0.6 is 45.8 Å². The highest BCUT2D eigenvalue weighted by Gasteiger charge is 2.15. The van der Waals surface area contributed by atoms with Crippen molar-refractivity contribution in [3.05, 3.63) is 31.7 Å². The summed E-state index contributed by atoms with van der Waals surface area (Å²) in [4.78, 5) is 4.22. The molecule has 4 nitrogen and oxygen atoms in total. The summed E-state index contributed by atoms with van der Waals surface area (Å²) in [6, 6.07) is 1.66. The predicted molar refractivity (Wildman–Crippen MR) is 80.5 cm³/mol. The van der Waals surface area contributed by atoms with E-state index in [0.29, 0.717) is 15.9 Å². The standard InChI is InChI=1S/C11H11Cl2IN4/c1-2-3-4-9-10(14)16-17-18(9)11-8(13)5-7(12)6-15-11/h5-6H,2-4H2,1H3. The number of unbranched alkanes of at least 4 members (excludes halogenated alkanes) is 1. The van der Waals surface area contributed by atoms with Gasteiger partial charge in [-0.1, -0.05) is 41.8 Å². The number of halogens is 3. The van der Waals surface area contributed by atoms with Gasteiger partial charge in [-0.25, -0.2) is 4.98 Å². The Balaban J connectivity index is 2.43. The smallest absolute Gasteiger partial charge is 0.174 e. The van der Waals surface area contributed by atoms with E-state index < -0.39 is 0 Å². The Kier molecular flexibility index (Phi) is 4.80. The van der Waals surface area contributed by atoms with E-state index in [9.17, 15) is 0 Å². The van der Waals surface area contributed by atoms with Crippen LogP contribution in [0.4, 0.5) is 0 Å². The summed E-state index contributed by atoms with van der Waals surface area (Å²) in [6.45, 7) is 2.15. The van der Waals surface area contributed by atoms with Crippen LogP contribution in [0.25, 0.3) is 5.82 Å². The molecule has 2 heterocycles. The number of pyridine rings is 1. The highest BCUT2D eigenvalue weighted by Crippen LogP contribution is 2.24. The zero-order valence-corrected chi connectivity index (χ0v) is 13.4. The van der Waals surface area contributed by atoms with Crippen molar-refractivity contribution in [2.75, 3.05) is 0 Å². The van der Waals surface area contributed by atoms with Crippen molar-refractivity contribution in [3.8, 4) is 5.82 Å². The van der Waals surface area contributed by atoms with E-state index in [-0.39, 0.29) is 0 Å². The molecule has 0 unspecified atom stereocenters. The molecule has 2 aromatic heterocycles. The lowest BCUT2D eigenvalue weighted by molar-refractivity contribution is 0.704. The van der Waals surface area contributed by atoms with E-state index in [1.807, 2.05) is 0 Å². The second kappa shape index (κ2) is 6.16. The van der Waals surface area contributed by atoms with Crippen LogP contribution in [0.5, 0.6) is 0 Å². The second-order valence-electron chi connectivity index (χ2n) is 3.80. The van der Waals surface area contributed by atoms with Gasteiger partial charge in [-0.3, -0.25) is 0 Å². The molecule has 7 heteroatoms. The number of rotatable bonds is 4. The van der Waals surface area contributed by atoms with Crippen molar-refractivity contribution in [1.29, 1.82) is 0 Å². The Morgan fingerprint density at radius 3 is 2.83 bits per heavy atom. The van der Waals surface area contributed by atoms with E-state index in [1.165, 1.54) is 0 Å². The highest BCUT2D eigenvalue weighted by molar-refractivity contribution is 14.1. The van der Waals surface area contributed by atoms with Gasteiger partial charge < -0.3 is 0 Å². The summed E-state index contributed by atoms with van der Waals surface area (Å²) in [5, 5.41) is 9.16. The van der Waals surface area contributed by atoms with E-state index >= 15 is 0 Å². The van der Waals surface area contributed by atoms with E-state index in [4.69, 9.17) is 23.2 Å².